The Kier molecular flexibility index (Phi) is 4.26. The molecule has 1 saturated carbocycles. The number of esters is 1. The van der Waals surface area contributed by atoms with Gasteiger partial charge in [-0.2, -0.15) is 8.42 Å². The van der Waals surface area contributed by atoms with Crippen molar-refractivity contribution >= 4 is 21.9 Å². The largest absolute Gasteiger partial charge is 0.458 e. The minimum absolute atomic E-state index is 0.0281. The second-order valence-corrected chi connectivity index (χ2v) is 7.55. The predicted molar refractivity (Wildman–Crippen MR) is 74.9 cm³/mol. The highest BCUT2D eigenvalue weighted by Gasteiger charge is 2.49. The average Bonchev–Trinajstić information content (AvgIpc) is 2.33. The monoisotopic (exact) mass is 316 g/mol. The van der Waals surface area contributed by atoms with Crippen LogP contribution < -0.4 is 0 Å². The summed E-state index contributed by atoms with van der Waals surface area (Å²) in [4.78, 5) is 22.9. The third kappa shape index (κ3) is 3.52. The van der Waals surface area contributed by atoms with Gasteiger partial charge < -0.3 is 4.74 Å². The Balaban J connectivity index is 2.36. The molecule has 0 heterocycles. The zero-order valence-corrected chi connectivity index (χ0v) is 13.2. The molecule has 0 aromatic carbocycles. The van der Waals surface area contributed by atoms with Crippen LogP contribution in [0, 0.1) is 5.41 Å². The van der Waals surface area contributed by atoms with Crippen LogP contribution in [0.4, 0.5) is 0 Å². The van der Waals surface area contributed by atoms with Crippen molar-refractivity contribution in [2.45, 2.75) is 51.7 Å². The smallest absolute Gasteiger partial charge is 0.303 e. The highest BCUT2D eigenvalue weighted by atomic mass is 32.2. The molecule has 21 heavy (non-hydrogen) atoms. The van der Waals surface area contributed by atoms with Crippen molar-refractivity contribution in [1.29, 1.82) is 0 Å². The molecule has 6 nitrogen and oxygen atoms in total. The lowest BCUT2D eigenvalue weighted by atomic mass is 9.63. The van der Waals surface area contributed by atoms with Crippen LogP contribution in [-0.4, -0.2) is 38.6 Å². The number of hydrogen-bond donors (Lipinski definition) is 0. The minimum atomic E-state index is -3.59. The standard InChI is InChI=1S/C14H20O6S/c1-9(15)19-12-4-5-13(20-21(3,17)18)14(2)7-6-10(16)8-11(12)14/h8,12-13H,4-7H2,1-3H3/t12-,13+,14+/m0/s1. The topological polar surface area (TPSA) is 86.7 Å². The fourth-order valence-corrected chi connectivity index (χ4v) is 3.94. The summed E-state index contributed by atoms with van der Waals surface area (Å²) < 4.78 is 33.4. The van der Waals surface area contributed by atoms with E-state index in [2.05, 4.69) is 0 Å². The van der Waals surface area contributed by atoms with Gasteiger partial charge in [0, 0.05) is 18.8 Å². The zero-order valence-electron chi connectivity index (χ0n) is 12.4. The van der Waals surface area contributed by atoms with Crippen molar-refractivity contribution in [3.8, 4) is 0 Å². The van der Waals surface area contributed by atoms with Crippen LogP contribution in [-0.2, 0) is 28.6 Å². The van der Waals surface area contributed by atoms with Gasteiger partial charge in [0.1, 0.15) is 6.10 Å². The number of hydrogen-bond acceptors (Lipinski definition) is 6. The summed E-state index contributed by atoms with van der Waals surface area (Å²) in [5, 5.41) is 0. The first kappa shape index (κ1) is 16.2. The zero-order chi connectivity index (χ0) is 15.8. The molecule has 0 amide bonds. The van der Waals surface area contributed by atoms with E-state index in [9.17, 15) is 18.0 Å². The normalized spacial score (nSPS) is 33.1. The number of allylic oxidation sites excluding steroid dienone is 1. The molecule has 2 aliphatic rings. The molecule has 7 heteroatoms. The lowest BCUT2D eigenvalue weighted by molar-refractivity contribution is -0.148. The first-order valence-corrected chi connectivity index (χ1v) is 8.74. The molecular weight excluding hydrogens is 296 g/mol. The van der Waals surface area contributed by atoms with E-state index >= 15 is 0 Å². The van der Waals surface area contributed by atoms with Crippen molar-refractivity contribution in [1.82, 2.24) is 0 Å². The van der Waals surface area contributed by atoms with Gasteiger partial charge in [0.2, 0.25) is 0 Å². The van der Waals surface area contributed by atoms with E-state index in [4.69, 9.17) is 8.92 Å². The maximum atomic E-state index is 11.7. The highest BCUT2D eigenvalue weighted by Crippen LogP contribution is 2.49. The first-order chi connectivity index (χ1) is 9.62. The summed E-state index contributed by atoms with van der Waals surface area (Å²) in [6.07, 6.45) is 3.27. The summed E-state index contributed by atoms with van der Waals surface area (Å²) in [6.45, 7) is 3.19. The molecular formula is C14H20O6S. The number of carbonyl (C=O) groups excluding carboxylic acids is 2. The molecule has 0 saturated heterocycles. The lowest BCUT2D eigenvalue weighted by Gasteiger charge is -2.47. The highest BCUT2D eigenvalue weighted by molar-refractivity contribution is 7.86. The van der Waals surface area contributed by atoms with Gasteiger partial charge in [-0.1, -0.05) is 6.92 Å². The maximum absolute atomic E-state index is 11.7. The Hall–Kier alpha value is -1.21. The summed E-state index contributed by atoms with van der Waals surface area (Å²) >= 11 is 0. The molecule has 2 rings (SSSR count). The van der Waals surface area contributed by atoms with Crippen LogP contribution in [0.1, 0.15) is 39.5 Å². The molecule has 0 radical (unpaired) electrons. The number of rotatable bonds is 3. The van der Waals surface area contributed by atoms with E-state index in [0.717, 1.165) is 6.26 Å². The van der Waals surface area contributed by atoms with E-state index in [1.54, 1.807) is 0 Å². The SMILES string of the molecule is CC(=O)O[C@H]1CC[C@@H](OS(C)(=O)=O)[C@]2(C)CCC(=O)C=C12. The van der Waals surface area contributed by atoms with Gasteiger partial charge in [0.25, 0.3) is 10.1 Å². The molecule has 0 aromatic heterocycles. The van der Waals surface area contributed by atoms with E-state index < -0.39 is 33.7 Å². The fourth-order valence-electron chi connectivity index (χ4n) is 3.21. The molecule has 0 bridgehead atoms. The van der Waals surface area contributed by atoms with Crippen LogP contribution in [0.3, 0.4) is 0 Å². The van der Waals surface area contributed by atoms with Crippen molar-refractivity contribution in [3.63, 3.8) is 0 Å². The Bertz CT molecular complexity index is 591. The number of ketones is 1. The molecule has 0 aromatic rings. The van der Waals surface area contributed by atoms with Gasteiger partial charge in [0.15, 0.2) is 5.78 Å². The molecule has 0 spiro atoms. The van der Waals surface area contributed by atoms with Gasteiger partial charge in [-0.05, 0) is 30.9 Å². The molecule has 3 atom stereocenters. The van der Waals surface area contributed by atoms with Crippen molar-refractivity contribution in [3.05, 3.63) is 11.6 Å². The van der Waals surface area contributed by atoms with Crippen LogP contribution in [0.15, 0.2) is 11.6 Å². The molecule has 0 unspecified atom stereocenters. The van der Waals surface area contributed by atoms with Gasteiger partial charge in [-0.3, -0.25) is 13.8 Å². The van der Waals surface area contributed by atoms with Crippen LogP contribution in [0.25, 0.3) is 0 Å². The third-order valence-corrected chi connectivity index (χ3v) is 4.80. The summed E-state index contributed by atoms with van der Waals surface area (Å²) in [5.41, 5.74) is 0.0730. The van der Waals surface area contributed by atoms with Crippen LogP contribution >= 0.6 is 0 Å². The van der Waals surface area contributed by atoms with Crippen molar-refractivity contribution < 1.29 is 26.9 Å². The molecule has 2 aliphatic carbocycles. The van der Waals surface area contributed by atoms with Crippen molar-refractivity contribution in [2.24, 2.45) is 5.41 Å². The quantitative estimate of drug-likeness (QED) is 0.577. The second kappa shape index (κ2) is 5.53. The van der Waals surface area contributed by atoms with Crippen LogP contribution in [0.5, 0.6) is 0 Å². The molecule has 118 valence electrons. The minimum Gasteiger partial charge on any atom is -0.458 e. The van der Waals surface area contributed by atoms with E-state index in [1.807, 2.05) is 6.92 Å². The Labute approximate surface area is 124 Å². The summed E-state index contributed by atoms with van der Waals surface area (Å²) in [6, 6.07) is 0. The molecule has 1 fully saturated rings. The maximum Gasteiger partial charge on any atom is 0.303 e. The first-order valence-electron chi connectivity index (χ1n) is 6.92. The molecule has 0 aliphatic heterocycles. The third-order valence-electron chi connectivity index (χ3n) is 4.21. The fraction of sp³-hybridized carbons (Fsp3) is 0.714. The van der Waals surface area contributed by atoms with E-state index in [1.165, 1.54) is 13.0 Å². The second-order valence-electron chi connectivity index (χ2n) is 5.95. The number of carbonyl (C=O) groups is 2. The van der Waals surface area contributed by atoms with Gasteiger partial charge in [0.05, 0.1) is 12.4 Å². The van der Waals surface area contributed by atoms with Gasteiger partial charge in [-0.25, -0.2) is 0 Å². The predicted octanol–water partition coefficient (Wildman–Crippen LogP) is 1.35. The Morgan fingerprint density at radius 3 is 2.62 bits per heavy atom. The van der Waals surface area contributed by atoms with E-state index in [-0.39, 0.29) is 5.78 Å². The lowest BCUT2D eigenvalue weighted by Crippen LogP contribution is -2.48. The van der Waals surface area contributed by atoms with E-state index in [0.29, 0.717) is 31.3 Å². The number of ether oxygens (including phenoxy) is 1. The van der Waals surface area contributed by atoms with Crippen LogP contribution in [0.2, 0.25) is 0 Å². The summed E-state index contributed by atoms with van der Waals surface area (Å²) in [5.74, 6) is -0.441. The Morgan fingerprint density at radius 2 is 2.05 bits per heavy atom. The Morgan fingerprint density at radius 1 is 1.38 bits per heavy atom. The summed E-state index contributed by atoms with van der Waals surface area (Å²) in [7, 11) is -3.59. The van der Waals surface area contributed by atoms with Gasteiger partial charge in [-0.15, -0.1) is 0 Å². The van der Waals surface area contributed by atoms with Gasteiger partial charge >= 0.3 is 5.97 Å². The average molecular weight is 316 g/mol. The molecule has 0 N–H and O–H groups in total. The number of fused-ring (bicyclic) bond motifs is 1. The van der Waals surface area contributed by atoms with Crippen molar-refractivity contribution in [2.75, 3.05) is 6.26 Å².